The van der Waals surface area contributed by atoms with Crippen molar-refractivity contribution in [3.8, 4) is 0 Å². The van der Waals surface area contributed by atoms with Crippen LogP contribution in [0.3, 0.4) is 0 Å². The minimum atomic E-state index is -0.456. The minimum Gasteiger partial charge on any atom is -0.319 e. The van der Waals surface area contributed by atoms with Gasteiger partial charge in [0.2, 0.25) is 0 Å². The fourth-order valence-electron chi connectivity index (χ4n) is 2.68. The van der Waals surface area contributed by atoms with Gasteiger partial charge in [-0.3, -0.25) is 4.90 Å². The first kappa shape index (κ1) is 18.0. The van der Waals surface area contributed by atoms with Gasteiger partial charge in [-0.1, -0.05) is 29.3 Å². The lowest BCUT2D eigenvalue weighted by Crippen LogP contribution is -2.38. The van der Waals surface area contributed by atoms with Crippen LogP contribution in [0.5, 0.6) is 0 Å². The van der Waals surface area contributed by atoms with Crippen LogP contribution in [0.4, 0.5) is 4.39 Å². The number of nitrogens with zero attached hydrogens (tertiary/aromatic N) is 1. The molecule has 0 aliphatic carbocycles. The summed E-state index contributed by atoms with van der Waals surface area (Å²) in [6.07, 6.45) is 2.45. The van der Waals surface area contributed by atoms with E-state index in [1.54, 1.807) is 6.07 Å². The Balaban J connectivity index is 0.00000200. The lowest BCUT2D eigenvalue weighted by Gasteiger charge is -2.32. The van der Waals surface area contributed by atoms with Crippen LogP contribution in [0.2, 0.25) is 10.0 Å². The maximum atomic E-state index is 13.3. The highest BCUT2D eigenvalue weighted by atomic mass is 35.5. The second-order valence-electron chi connectivity index (χ2n) is 5.14. The van der Waals surface area contributed by atoms with Gasteiger partial charge in [0.1, 0.15) is 5.82 Å². The standard InChI is InChI=1S/C14H19Cl2FN2.ClH/c1-18-7-10-3-2-6-19(8-10)9-11-4-5-12(17)14(16)13(11)15;/h4-5,10,18H,2-3,6-9H2,1H3;1H. The Morgan fingerprint density at radius 1 is 1.35 bits per heavy atom. The van der Waals surface area contributed by atoms with Gasteiger partial charge in [0.15, 0.2) is 0 Å². The number of hydrogen-bond acceptors (Lipinski definition) is 2. The van der Waals surface area contributed by atoms with Crippen molar-refractivity contribution in [1.29, 1.82) is 0 Å². The van der Waals surface area contributed by atoms with Crippen molar-refractivity contribution in [2.24, 2.45) is 5.92 Å². The van der Waals surface area contributed by atoms with E-state index in [-0.39, 0.29) is 17.4 Å². The van der Waals surface area contributed by atoms with Crippen LogP contribution in [0.1, 0.15) is 18.4 Å². The summed E-state index contributed by atoms with van der Waals surface area (Å²) in [5.74, 6) is 0.218. The summed E-state index contributed by atoms with van der Waals surface area (Å²) in [5, 5.41) is 3.60. The fourth-order valence-corrected chi connectivity index (χ4v) is 3.08. The smallest absolute Gasteiger partial charge is 0.143 e. The molecule has 20 heavy (non-hydrogen) atoms. The number of rotatable bonds is 4. The largest absolute Gasteiger partial charge is 0.319 e. The van der Waals surface area contributed by atoms with Crippen molar-refractivity contribution in [2.75, 3.05) is 26.7 Å². The molecule has 1 aliphatic rings. The summed E-state index contributed by atoms with van der Waals surface area (Å²) >= 11 is 11.9. The molecule has 1 heterocycles. The van der Waals surface area contributed by atoms with Gasteiger partial charge in [0, 0.05) is 13.1 Å². The first-order chi connectivity index (χ1) is 9.11. The predicted octanol–water partition coefficient (Wildman–Crippen LogP) is 3.99. The lowest BCUT2D eigenvalue weighted by molar-refractivity contribution is 0.167. The Kier molecular flexibility index (Phi) is 7.56. The molecule has 1 fully saturated rings. The normalized spacial score (nSPS) is 19.7. The highest BCUT2D eigenvalue weighted by molar-refractivity contribution is 6.42. The van der Waals surface area contributed by atoms with Crippen molar-refractivity contribution in [3.05, 3.63) is 33.6 Å². The Bertz CT molecular complexity index is 441. The molecule has 0 amide bonds. The molecule has 114 valence electrons. The minimum absolute atomic E-state index is 0. The third-order valence-electron chi connectivity index (χ3n) is 3.61. The van der Waals surface area contributed by atoms with Crippen LogP contribution in [0, 0.1) is 11.7 Å². The summed E-state index contributed by atoms with van der Waals surface area (Å²) in [6.45, 7) is 3.88. The van der Waals surface area contributed by atoms with Crippen molar-refractivity contribution < 1.29 is 4.39 Å². The molecule has 1 aromatic rings. The van der Waals surface area contributed by atoms with Gasteiger partial charge in [-0.15, -0.1) is 12.4 Å². The number of likely N-dealkylation sites (tertiary alicyclic amines) is 1. The van der Waals surface area contributed by atoms with Crippen molar-refractivity contribution in [2.45, 2.75) is 19.4 Å². The Hall–Kier alpha value is -0.0600. The van der Waals surface area contributed by atoms with Gasteiger partial charge in [0.05, 0.1) is 10.0 Å². The van der Waals surface area contributed by atoms with Gasteiger partial charge in [-0.2, -0.15) is 0 Å². The number of hydrogen-bond donors (Lipinski definition) is 1. The van der Waals surface area contributed by atoms with Crippen LogP contribution >= 0.6 is 35.6 Å². The molecule has 0 spiro atoms. The van der Waals surface area contributed by atoms with Crippen LogP contribution in [-0.2, 0) is 6.54 Å². The highest BCUT2D eigenvalue weighted by Gasteiger charge is 2.20. The van der Waals surface area contributed by atoms with E-state index in [1.165, 1.54) is 18.9 Å². The molecule has 2 rings (SSSR count). The van der Waals surface area contributed by atoms with Crippen molar-refractivity contribution in [1.82, 2.24) is 10.2 Å². The molecule has 0 saturated carbocycles. The van der Waals surface area contributed by atoms with Gasteiger partial charge in [-0.05, 0) is 50.5 Å². The number of benzene rings is 1. The molecular formula is C14H20Cl3FN2. The van der Waals surface area contributed by atoms with Crippen LogP contribution < -0.4 is 5.32 Å². The zero-order valence-corrected chi connectivity index (χ0v) is 13.8. The van der Waals surface area contributed by atoms with Crippen LogP contribution in [0.15, 0.2) is 12.1 Å². The third kappa shape index (κ3) is 4.47. The number of nitrogens with one attached hydrogen (secondary N) is 1. The van der Waals surface area contributed by atoms with Crippen LogP contribution in [-0.4, -0.2) is 31.6 Å². The topological polar surface area (TPSA) is 15.3 Å². The molecule has 1 unspecified atom stereocenters. The van der Waals surface area contributed by atoms with Gasteiger partial charge < -0.3 is 5.32 Å². The summed E-state index contributed by atoms with van der Waals surface area (Å²) in [4.78, 5) is 2.36. The van der Waals surface area contributed by atoms with E-state index in [2.05, 4.69) is 10.2 Å². The molecule has 1 aliphatic heterocycles. The molecule has 0 bridgehead atoms. The second kappa shape index (κ2) is 8.40. The third-order valence-corrected chi connectivity index (χ3v) is 4.50. The molecular weight excluding hydrogens is 322 g/mol. The number of piperidine rings is 1. The van der Waals surface area contributed by atoms with E-state index in [1.807, 2.05) is 7.05 Å². The van der Waals surface area contributed by atoms with E-state index >= 15 is 0 Å². The van der Waals surface area contributed by atoms with Crippen molar-refractivity contribution >= 4 is 35.6 Å². The van der Waals surface area contributed by atoms with E-state index in [4.69, 9.17) is 23.2 Å². The average Bonchev–Trinajstić information content (AvgIpc) is 2.40. The first-order valence-electron chi connectivity index (χ1n) is 6.61. The molecule has 2 nitrogen and oxygen atoms in total. The van der Waals surface area contributed by atoms with E-state index in [0.717, 1.165) is 31.7 Å². The number of halogens is 4. The van der Waals surface area contributed by atoms with Gasteiger partial charge >= 0.3 is 0 Å². The summed E-state index contributed by atoms with van der Waals surface area (Å²) in [6, 6.07) is 3.11. The van der Waals surface area contributed by atoms with E-state index < -0.39 is 5.82 Å². The second-order valence-corrected chi connectivity index (χ2v) is 5.89. The molecule has 0 aromatic heterocycles. The van der Waals surface area contributed by atoms with Crippen molar-refractivity contribution in [3.63, 3.8) is 0 Å². The molecule has 0 radical (unpaired) electrons. The SMILES string of the molecule is CNCC1CCCN(Cc2ccc(F)c(Cl)c2Cl)C1.Cl. The highest BCUT2D eigenvalue weighted by Crippen LogP contribution is 2.30. The van der Waals surface area contributed by atoms with Gasteiger partial charge in [-0.25, -0.2) is 4.39 Å². The molecule has 1 N–H and O–H groups in total. The quantitative estimate of drug-likeness (QED) is 0.833. The average molecular weight is 342 g/mol. The zero-order chi connectivity index (χ0) is 13.8. The predicted molar refractivity (Wildman–Crippen MR) is 85.6 cm³/mol. The first-order valence-corrected chi connectivity index (χ1v) is 7.36. The maximum Gasteiger partial charge on any atom is 0.143 e. The Labute approximate surface area is 136 Å². The fraction of sp³-hybridized carbons (Fsp3) is 0.571. The summed E-state index contributed by atoms with van der Waals surface area (Å²) in [7, 11) is 1.98. The molecule has 1 aromatic carbocycles. The monoisotopic (exact) mass is 340 g/mol. The molecule has 1 saturated heterocycles. The van der Waals surface area contributed by atoms with E-state index in [9.17, 15) is 4.39 Å². The maximum absolute atomic E-state index is 13.3. The zero-order valence-electron chi connectivity index (χ0n) is 11.5. The van der Waals surface area contributed by atoms with Gasteiger partial charge in [0.25, 0.3) is 0 Å². The molecule has 1 atom stereocenters. The Morgan fingerprint density at radius 2 is 2.10 bits per heavy atom. The molecule has 6 heteroatoms. The van der Waals surface area contributed by atoms with Crippen LogP contribution in [0.25, 0.3) is 0 Å². The summed E-state index contributed by atoms with van der Waals surface area (Å²) < 4.78 is 13.3. The lowest BCUT2D eigenvalue weighted by atomic mass is 9.97. The Morgan fingerprint density at radius 3 is 2.80 bits per heavy atom. The van der Waals surface area contributed by atoms with E-state index in [0.29, 0.717) is 10.9 Å². The summed E-state index contributed by atoms with van der Waals surface area (Å²) in [5.41, 5.74) is 0.901.